The van der Waals surface area contributed by atoms with Crippen molar-refractivity contribution in [2.45, 2.75) is 44.2 Å². The first-order valence-electron chi connectivity index (χ1n) is 10.3. The first-order chi connectivity index (χ1) is 14.4. The highest BCUT2D eigenvalue weighted by molar-refractivity contribution is 5.84. The molecule has 160 valence electrons. The largest absolute Gasteiger partial charge is 0.505 e. The van der Waals surface area contributed by atoms with E-state index in [-0.39, 0.29) is 29.2 Å². The van der Waals surface area contributed by atoms with Crippen molar-refractivity contribution in [2.75, 3.05) is 19.6 Å². The van der Waals surface area contributed by atoms with Crippen LogP contribution in [0.5, 0.6) is 5.75 Å². The molecule has 4 rings (SSSR count). The van der Waals surface area contributed by atoms with Crippen LogP contribution in [0, 0.1) is 5.82 Å². The van der Waals surface area contributed by atoms with E-state index in [2.05, 4.69) is 4.90 Å². The number of carbonyl (C=O) groups excluding carboxylic acids is 1. The zero-order valence-electron chi connectivity index (χ0n) is 16.6. The summed E-state index contributed by atoms with van der Waals surface area (Å²) in [6.45, 7) is 2.62. The SMILES string of the molecule is O=C1[C@@H](N2CCC(c3ccc(O)c(F)c3)CC2)CCN1Cc1ccc(C(F)F)cc1. The standard InChI is InChI=1S/C23H25F3N2O2/c24-19-13-18(5-6-21(19)29)16-7-10-27(11-8-16)20-9-12-28(23(20)30)14-15-1-3-17(4-2-15)22(25)26/h1-6,13,16,20,22,29H,7-12,14H2/t20-/m0/s1. The van der Waals surface area contributed by atoms with Gasteiger partial charge in [-0.15, -0.1) is 0 Å². The van der Waals surface area contributed by atoms with Gasteiger partial charge in [0, 0.05) is 18.7 Å². The highest BCUT2D eigenvalue weighted by Gasteiger charge is 2.37. The maximum atomic E-state index is 13.6. The van der Waals surface area contributed by atoms with E-state index < -0.39 is 12.2 Å². The van der Waals surface area contributed by atoms with Gasteiger partial charge in [0.1, 0.15) is 0 Å². The molecule has 7 heteroatoms. The number of hydrogen-bond donors (Lipinski definition) is 1. The molecule has 2 fully saturated rings. The molecular formula is C23H25F3N2O2. The van der Waals surface area contributed by atoms with Gasteiger partial charge in [-0.3, -0.25) is 9.69 Å². The first kappa shape index (κ1) is 20.7. The van der Waals surface area contributed by atoms with Crippen molar-refractivity contribution in [1.82, 2.24) is 9.80 Å². The quantitative estimate of drug-likeness (QED) is 0.780. The first-order valence-corrected chi connectivity index (χ1v) is 10.3. The van der Waals surface area contributed by atoms with Crippen LogP contribution in [0.2, 0.25) is 0 Å². The van der Waals surface area contributed by atoms with Crippen LogP contribution in [0.15, 0.2) is 42.5 Å². The Morgan fingerprint density at radius 2 is 1.70 bits per heavy atom. The molecule has 2 aliphatic rings. The summed E-state index contributed by atoms with van der Waals surface area (Å²) in [7, 11) is 0. The van der Waals surface area contributed by atoms with Crippen molar-refractivity contribution >= 4 is 5.91 Å². The average Bonchev–Trinajstić information content (AvgIpc) is 3.11. The number of amides is 1. The van der Waals surface area contributed by atoms with Gasteiger partial charge in [-0.25, -0.2) is 13.2 Å². The molecule has 2 heterocycles. The van der Waals surface area contributed by atoms with Crippen LogP contribution in [0.1, 0.15) is 48.3 Å². The number of halogens is 3. The molecule has 1 amide bonds. The molecule has 2 aliphatic heterocycles. The molecule has 0 bridgehead atoms. The van der Waals surface area contributed by atoms with Crippen LogP contribution in [-0.2, 0) is 11.3 Å². The van der Waals surface area contributed by atoms with Crippen molar-refractivity contribution in [2.24, 2.45) is 0 Å². The summed E-state index contributed by atoms with van der Waals surface area (Å²) < 4.78 is 39.0. The van der Waals surface area contributed by atoms with Gasteiger partial charge >= 0.3 is 0 Å². The van der Waals surface area contributed by atoms with Crippen LogP contribution in [-0.4, -0.2) is 46.5 Å². The minimum atomic E-state index is -2.49. The summed E-state index contributed by atoms with van der Waals surface area (Å²) in [5.41, 5.74) is 1.72. The third-order valence-corrected chi connectivity index (χ3v) is 6.29. The van der Waals surface area contributed by atoms with Crippen molar-refractivity contribution < 1.29 is 23.1 Å². The summed E-state index contributed by atoms with van der Waals surface area (Å²) in [4.78, 5) is 16.9. The molecule has 0 aliphatic carbocycles. The summed E-state index contributed by atoms with van der Waals surface area (Å²) in [5.74, 6) is -0.630. The second kappa shape index (κ2) is 8.68. The predicted molar refractivity (Wildman–Crippen MR) is 107 cm³/mol. The van der Waals surface area contributed by atoms with Crippen LogP contribution in [0.3, 0.4) is 0 Å². The maximum Gasteiger partial charge on any atom is 0.263 e. The lowest BCUT2D eigenvalue weighted by Gasteiger charge is -2.35. The molecular weight excluding hydrogens is 393 g/mol. The van der Waals surface area contributed by atoms with E-state index >= 15 is 0 Å². The number of alkyl halides is 2. The number of aromatic hydroxyl groups is 1. The topological polar surface area (TPSA) is 43.8 Å². The van der Waals surface area contributed by atoms with Gasteiger partial charge in [-0.2, -0.15) is 0 Å². The summed E-state index contributed by atoms with van der Waals surface area (Å²) >= 11 is 0. The Balaban J connectivity index is 1.32. The van der Waals surface area contributed by atoms with Gasteiger partial charge in [0.25, 0.3) is 6.43 Å². The van der Waals surface area contributed by atoms with E-state index in [4.69, 9.17) is 0 Å². The number of likely N-dealkylation sites (tertiary alicyclic amines) is 2. The van der Waals surface area contributed by atoms with Crippen molar-refractivity contribution in [1.29, 1.82) is 0 Å². The second-order valence-electron chi connectivity index (χ2n) is 8.13. The van der Waals surface area contributed by atoms with Crippen molar-refractivity contribution in [3.63, 3.8) is 0 Å². The maximum absolute atomic E-state index is 13.6. The highest BCUT2D eigenvalue weighted by Crippen LogP contribution is 2.32. The lowest BCUT2D eigenvalue weighted by atomic mass is 9.88. The van der Waals surface area contributed by atoms with E-state index in [1.807, 2.05) is 0 Å². The van der Waals surface area contributed by atoms with Crippen LogP contribution >= 0.6 is 0 Å². The Kier molecular flexibility index (Phi) is 5.99. The molecule has 2 aromatic rings. The molecule has 0 unspecified atom stereocenters. The molecule has 0 radical (unpaired) electrons. The van der Waals surface area contributed by atoms with Gasteiger partial charge in [0.15, 0.2) is 11.6 Å². The molecule has 0 aromatic heterocycles. The van der Waals surface area contributed by atoms with Gasteiger partial charge in [0.2, 0.25) is 5.91 Å². The molecule has 2 aromatic carbocycles. The highest BCUT2D eigenvalue weighted by atomic mass is 19.3. The van der Waals surface area contributed by atoms with Crippen LogP contribution < -0.4 is 0 Å². The number of phenols is 1. The zero-order chi connectivity index (χ0) is 21.3. The van der Waals surface area contributed by atoms with Crippen molar-refractivity contribution in [3.05, 3.63) is 65.0 Å². The molecule has 0 spiro atoms. The Morgan fingerprint density at radius 3 is 2.33 bits per heavy atom. The zero-order valence-corrected chi connectivity index (χ0v) is 16.6. The van der Waals surface area contributed by atoms with Crippen molar-refractivity contribution in [3.8, 4) is 5.75 Å². The van der Waals surface area contributed by atoms with E-state index in [1.165, 1.54) is 24.3 Å². The number of rotatable bonds is 5. The van der Waals surface area contributed by atoms with E-state index in [1.54, 1.807) is 23.1 Å². The molecule has 4 nitrogen and oxygen atoms in total. The molecule has 1 atom stereocenters. The van der Waals surface area contributed by atoms with Gasteiger partial charge in [0.05, 0.1) is 6.04 Å². The summed E-state index contributed by atoms with van der Waals surface area (Å²) in [6, 6.07) is 10.5. The number of carbonyl (C=O) groups is 1. The average molecular weight is 418 g/mol. The predicted octanol–water partition coefficient (Wildman–Crippen LogP) is 4.45. The minimum absolute atomic E-state index is 0.0132. The molecule has 2 saturated heterocycles. The summed E-state index contributed by atoms with van der Waals surface area (Å²) in [6.07, 6.45) is -0.0589. The van der Waals surface area contributed by atoms with Gasteiger partial charge < -0.3 is 10.0 Å². The molecule has 30 heavy (non-hydrogen) atoms. The monoisotopic (exact) mass is 418 g/mol. The number of benzene rings is 2. The Hall–Kier alpha value is -2.54. The number of piperidine rings is 1. The number of phenolic OH excluding ortho intramolecular Hbond substituents is 1. The lowest BCUT2D eigenvalue weighted by molar-refractivity contribution is -0.133. The third-order valence-electron chi connectivity index (χ3n) is 6.29. The van der Waals surface area contributed by atoms with E-state index in [0.717, 1.165) is 43.5 Å². The minimum Gasteiger partial charge on any atom is -0.505 e. The smallest absolute Gasteiger partial charge is 0.263 e. The second-order valence-corrected chi connectivity index (χ2v) is 8.13. The van der Waals surface area contributed by atoms with Crippen LogP contribution in [0.25, 0.3) is 0 Å². The van der Waals surface area contributed by atoms with Crippen LogP contribution in [0.4, 0.5) is 13.2 Å². The lowest BCUT2D eigenvalue weighted by Crippen LogP contribution is -2.45. The van der Waals surface area contributed by atoms with Gasteiger partial charge in [-0.05, 0) is 61.5 Å². The Morgan fingerprint density at radius 1 is 1.00 bits per heavy atom. The Bertz CT molecular complexity index is 896. The molecule has 0 saturated carbocycles. The number of nitrogens with zero attached hydrogens (tertiary/aromatic N) is 2. The third kappa shape index (κ3) is 4.31. The Labute approximate surface area is 173 Å². The fourth-order valence-corrected chi connectivity index (χ4v) is 4.53. The summed E-state index contributed by atoms with van der Waals surface area (Å²) in [5, 5.41) is 9.37. The number of hydrogen-bond acceptors (Lipinski definition) is 3. The van der Waals surface area contributed by atoms with E-state index in [0.29, 0.717) is 13.1 Å². The van der Waals surface area contributed by atoms with E-state index in [9.17, 15) is 23.1 Å². The fourth-order valence-electron chi connectivity index (χ4n) is 4.53. The normalized spacial score (nSPS) is 21.0. The molecule has 1 N–H and O–H groups in total. The fraction of sp³-hybridized carbons (Fsp3) is 0.435. The van der Waals surface area contributed by atoms with Gasteiger partial charge in [-0.1, -0.05) is 30.3 Å².